The molecule has 34 heavy (non-hydrogen) atoms. The van der Waals surface area contributed by atoms with Crippen LogP contribution >= 0.6 is 23.6 Å². The second-order valence-electron chi connectivity index (χ2n) is 7.41. The fraction of sp³-hybridized carbons (Fsp3) is 0.160. The lowest BCUT2D eigenvalue weighted by Crippen LogP contribution is -2.20. The van der Waals surface area contributed by atoms with Gasteiger partial charge in [0.1, 0.15) is 10.8 Å². The second kappa shape index (κ2) is 11.0. The minimum atomic E-state index is -0.405. The fourth-order valence-corrected chi connectivity index (χ4v) is 4.70. The molecule has 2 aromatic carbocycles. The van der Waals surface area contributed by atoms with E-state index in [1.165, 1.54) is 17.4 Å². The molecule has 0 spiro atoms. The van der Waals surface area contributed by atoms with E-state index in [0.717, 1.165) is 10.4 Å². The number of anilines is 2. The highest BCUT2D eigenvalue weighted by molar-refractivity contribution is 7.80. The van der Waals surface area contributed by atoms with Crippen LogP contribution in [0.5, 0.6) is 0 Å². The van der Waals surface area contributed by atoms with Gasteiger partial charge in [0.15, 0.2) is 10.9 Å². The minimum absolute atomic E-state index is 0.278. The normalized spacial score (nSPS) is 10.6. The zero-order valence-corrected chi connectivity index (χ0v) is 20.1. The maximum absolute atomic E-state index is 13.9. The first kappa shape index (κ1) is 23.6. The molecule has 0 saturated carbocycles. The van der Waals surface area contributed by atoms with Crippen LogP contribution in [0, 0.1) is 5.82 Å². The Hall–Kier alpha value is -3.56. The van der Waals surface area contributed by atoms with Crippen LogP contribution in [0.3, 0.4) is 0 Å². The predicted molar refractivity (Wildman–Crippen MR) is 137 cm³/mol. The SMILES string of the molecule is CCOC(=O)c1cc(Cc2ccccc2)sc1NC(=S)Nc1ccn(Cc2ccccc2F)n1. The summed E-state index contributed by atoms with van der Waals surface area (Å²) in [5, 5.41) is 11.4. The van der Waals surface area contributed by atoms with Crippen LogP contribution in [-0.4, -0.2) is 27.5 Å². The third kappa shape index (κ3) is 6.06. The number of nitrogens with zero attached hydrogens (tertiary/aromatic N) is 2. The molecule has 4 rings (SSSR count). The Morgan fingerprint density at radius 3 is 2.65 bits per heavy atom. The lowest BCUT2D eigenvalue weighted by molar-refractivity contribution is 0.0528. The van der Waals surface area contributed by atoms with E-state index in [9.17, 15) is 9.18 Å². The third-order valence-corrected chi connectivity index (χ3v) is 6.15. The molecule has 0 aliphatic rings. The molecule has 2 aromatic heterocycles. The molecule has 174 valence electrons. The molecule has 0 aliphatic carbocycles. The van der Waals surface area contributed by atoms with Gasteiger partial charge in [0.25, 0.3) is 0 Å². The van der Waals surface area contributed by atoms with Crippen molar-refractivity contribution >= 4 is 45.5 Å². The van der Waals surface area contributed by atoms with Gasteiger partial charge in [-0.1, -0.05) is 48.5 Å². The van der Waals surface area contributed by atoms with E-state index in [4.69, 9.17) is 17.0 Å². The van der Waals surface area contributed by atoms with Gasteiger partial charge in [-0.25, -0.2) is 9.18 Å². The van der Waals surface area contributed by atoms with Crippen molar-refractivity contribution in [1.82, 2.24) is 9.78 Å². The van der Waals surface area contributed by atoms with Crippen molar-refractivity contribution < 1.29 is 13.9 Å². The number of thiophene rings is 1. The van der Waals surface area contributed by atoms with Crippen molar-refractivity contribution in [2.45, 2.75) is 19.9 Å². The van der Waals surface area contributed by atoms with Crippen molar-refractivity contribution in [2.75, 3.05) is 17.2 Å². The number of carbonyl (C=O) groups excluding carboxylic acids is 1. The van der Waals surface area contributed by atoms with E-state index < -0.39 is 5.97 Å². The van der Waals surface area contributed by atoms with Crippen molar-refractivity contribution in [3.8, 4) is 0 Å². The molecule has 0 amide bonds. The first-order valence-electron chi connectivity index (χ1n) is 10.7. The van der Waals surface area contributed by atoms with Crippen LogP contribution in [0.4, 0.5) is 15.2 Å². The smallest absolute Gasteiger partial charge is 0.341 e. The standard InChI is InChI=1S/C25H23FN4O2S2/c1-2-32-24(31)20-15-19(14-17-8-4-3-5-9-17)34-23(20)28-25(33)27-22-12-13-30(29-22)16-18-10-6-7-11-21(18)26/h3-13,15H,2,14,16H2,1H3,(H2,27,28,29,33). The van der Waals surface area contributed by atoms with Gasteiger partial charge in [0.05, 0.1) is 18.7 Å². The number of halogens is 1. The number of rotatable bonds is 8. The Bertz CT molecular complexity index is 1290. The summed E-state index contributed by atoms with van der Waals surface area (Å²) >= 11 is 6.90. The van der Waals surface area contributed by atoms with Gasteiger partial charge < -0.3 is 15.4 Å². The molecule has 0 radical (unpaired) electrons. The molecule has 0 saturated heterocycles. The number of hydrogen-bond donors (Lipinski definition) is 2. The van der Waals surface area contributed by atoms with Gasteiger partial charge >= 0.3 is 5.97 Å². The Labute approximate surface area is 206 Å². The van der Waals surface area contributed by atoms with Gasteiger partial charge in [-0.2, -0.15) is 5.10 Å². The van der Waals surface area contributed by atoms with Gasteiger partial charge in [-0.3, -0.25) is 4.68 Å². The molecule has 0 aliphatic heterocycles. The van der Waals surface area contributed by atoms with Crippen molar-refractivity contribution in [3.05, 3.63) is 100 Å². The molecule has 0 fully saturated rings. The van der Waals surface area contributed by atoms with Crippen LogP contribution in [0.15, 0.2) is 72.9 Å². The summed E-state index contributed by atoms with van der Waals surface area (Å²) in [5.41, 5.74) is 2.13. The van der Waals surface area contributed by atoms with Crippen molar-refractivity contribution in [3.63, 3.8) is 0 Å². The van der Waals surface area contributed by atoms with Crippen molar-refractivity contribution in [1.29, 1.82) is 0 Å². The topological polar surface area (TPSA) is 68.2 Å². The van der Waals surface area contributed by atoms with E-state index in [1.807, 2.05) is 36.4 Å². The summed E-state index contributed by atoms with van der Waals surface area (Å²) in [6.45, 7) is 2.35. The van der Waals surface area contributed by atoms with Gasteiger partial charge in [-0.05, 0) is 36.8 Å². The number of thiocarbonyl (C=S) groups is 1. The summed E-state index contributed by atoms with van der Waals surface area (Å²) in [6, 6.07) is 20.2. The number of ether oxygens (including phenoxy) is 1. The molecule has 0 unspecified atom stereocenters. The highest BCUT2D eigenvalue weighted by Crippen LogP contribution is 2.31. The average molecular weight is 495 g/mol. The molecular weight excluding hydrogens is 471 g/mol. The maximum atomic E-state index is 13.9. The Morgan fingerprint density at radius 2 is 1.88 bits per heavy atom. The van der Waals surface area contributed by atoms with Crippen molar-refractivity contribution in [2.24, 2.45) is 0 Å². The third-order valence-electron chi connectivity index (χ3n) is 4.90. The van der Waals surface area contributed by atoms with Crippen LogP contribution in [0.25, 0.3) is 0 Å². The monoisotopic (exact) mass is 494 g/mol. The lowest BCUT2D eigenvalue weighted by atomic mass is 10.1. The van der Waals surface area contributed by atoms with E-state index in [0.29, 0.717) is 34.9 Å². The maximum Gasteiger partial charge on any atom is 0.341 e. The Kier molecular flexibility index (Phi) is 7.66. The van der Waals surface area contributed by atoms with E-state index in [-0.39, 0.29) is 17.5 Å². The summed E-state index contributed by atoms with van der Waals surface area (Å²) in [5.74, 6) is -0.176. The number of aromatic nitrogens is 2. The summed E-state index contributed by atoms with van der Waals surface area (Å²) in [4.78, 5) is 13.5. The number of esters is 1. The predicted octanol–water partition coefficient (Wildman–Crippen LogP) is 5.71. The quantitative estimate of drug-likeness (QED) is 0.242. The van der Waals surface area contributed by atoms with E-state index >= 15 is 0 Å². The fourth-order valence-electron chi connectivity index (χ4n) is 3.35. The van der Waals surface area contributed by atoms with Crippen LogP contribution in [-0.2, 0) is 17.7 Å². The summed E-state index contributed by atoms with van der Waals surface area (Å²) in [6.07, 6.45) is 2.44. The highest BCUT2D eigenvalue weighted by Gasteiger charge is 2.19. The molecule has 0 bridgehead atoms. The zero-order chi connectivity index (χ0) is 23.9. The molecular formula is C25H23FN4O2S2. The van der Waals surface area contributed by atoms with Crippen LogP contribution < -0.4 is 10.6 Å². The van der Waals surface area contributed by atoms with Crippen LogP contribution in [0.2, 0.25) is 0 Å². The lowest BCUT2D eigenvalue weighted by Gasteiger charge is -2.09. The zero-order valence-electron chi connectivity index (χ0n) is 18.5. The van der Waals surface area contributed by atoms with E-state index in [2.05, 4.69) is 15.7 Å². The summed E-state index contributed by atoms with van der Waals surface area (Å²) < 4.78 is 20.7. The first-order chi connectivity index (χ1) is 16.5. The minimum Gasteiger partial charge on any atom is -0.462 e. The number of carbonyl (C=O) groups is 1. The average Bonchev–Trinajstić information content (AvgIpc) is 3.42. The molecule has 0 atom stereocenters. The molecule has 2 heterocycles. The molecule has 4 aromatic rings. The summed E-state index contributed by atoms with van der Waals surface area (Å²) in [7, 11) is 0. The molecule has 6 nitrogen and oxygen atoms in total. The largest absolute Gasteiger partial charge is 0.462 e. The van der Waals surface area contributed by atoms with E-state index in [1.54, 1.807) is 42.1 Å². The Morgan fingerprint density at radius 1 is 1.12 bits per heavy atom. The van der Waals surface area contributed by atoms with Gasteiger partial charge in [0, 0.05) is 29.1 Å². The molecule has 9 heteroatoms. The van der Waals surface area contributed by atoms with Gasteiger partial charge in [-0.15, -0.1) is 11.3 Å². The number of benzene rings is 2. The van der Waals surface area contributed by atoms with Gasteiger partial charge in [0.2, 0.25) is 0 Å². The molecule has 2 N–H and O–H groups in total. The number of hydrogen-bond acceptors (Lipinski definition) is 5. The Balaban J connectivity index is 1.45. The highest BCUT2D eigenvalue weighted by atomic mass is 32.1. The second-order valence-corrected chi connectivity index (χ2v) is 8.95. The van der Waals surface area contributed by atoms with Crippen LogP contribution in [0.1, 0.15) is 33.3 Å². The number of nitrogens with one attached hydrogen (secondary N) is 2. The first-order valence-corrected chi connectivity index (χ1v) is 11.9.